The van der Waals surface area contributed by atoms with E-state index in [0.29, 0.717) is 12.5 Å². The van der Waals surface area contributed by atoms with Crippen molar-refractivity contribution in [2.75, 3.05) is 11.9 Å². The largest absolute Gasteiger partial charge is 0.354 e. The maximum absolute atomic E-state index is 12.6. The fraction of sp³-hybridized carbons (Fsp3) is 0.440. The molecule has 2 aromatic carbocycles. The number of carbonyl (C=O) groups is 2. The van der Waals surface area contributed by atoms with Crippen molar-refractivity contribution in [3.05, 3.63) is 65.2 Å². The number of fused-ring (bicyclic) bond motifs is 1. The van der Waals surface area contributed by atoms with Gasteiger partial charge in [-0.25, -0.2) is 0 Å². The fourth-order valence-corrected chi connectivity index (χ4v) is 4.52. The molecule has 1 heterocycles. The Morgan fingerprint density at radius 3 is 2.37 bits per heavy atom. The van der Waals surface area contributed by atoms with Crippen molar-refractivity contribution in [2.24, 2.45) is 11.8 Å². The molecule has 1 aliphatic carbocycles. The second kappa shape index (κ2) is 9.43. The van der Waals surface area contributed by atoms with Gasteiger partial charge in [0.05, 0.1) is 6.04 Å². The Balaban J connectivity index is 1.19. The Morgan fingerprint density at radius 2 is 1.63 bits per heavy atom. The molecule has 2 aromatic rings. The van der Waals surface area contributed by atoms with E-state index in [1.807, 2.05) is 43.3 Å². The third-order valence-corrected chi connectivity index (χ3v) is 6.50. The molecule has 30 heavy (non-hydrogen) atoms. The molecular formula is C25H31N3O2. The van der Waals surface area contributed by atoms with E-state index in [1.54, 1.807) is 0 Å². The summed E-state index contributed by atoms with van der Waals surface area (Å²) in [6.45, 7) is 3.48. The van der Waals surface area contributed by atoms with E-state index in [-0.39, 0.29) is 23.8 Å². The standard InChI is InChI=1S/C25H31N3O2/c1-17-6-12-22(13-7-17)28-24(29)19-10-8-18(9-11-19)15-27-25(30)23-14-20-4-2-3-5-21(20)16-26-23/h2-7,12-13,18-19,23,26H,8-11,14-16H2,1H3,(H,27,30)(H,28,29). The van der Waals surface area contributed by atoms with Gasteiger partial charge in [0, 0.05) is 24.7 Å². The van der Waals surface area contributed by atoms with Crippen molar-refractivity contribution in [3.8, 4) is 0 Å². The SMILES string of the molecule is Cc1ccc(NC(=O)C2CCC(CNC(=O)C3Cc4ccccc4CN3)CC2)cc1. The Kier molecular flexibility index (Phi) is 6.48. The van der Waals surface area contributed by atoms with Crippen LogP contribution in [0.25, 0.3) is 0 Å². The summed E-state index contributed by atoms with van der Waals surface area (Å²) in [5.41, 5.74) is 4.59. The van der Waals surface area contributed by atoms with Crippen LogP contribution < -0.4 is 16.0 Å². The molecule has 3 N–H and O–H groups in total. The van der Waals surface area contributed by atoms with Crippen molar-refractivity contribution in [1.29, 1.82) is 0 Å². The highest BCUT2D eigenvalue weighted by Gasteiger charge is 2.28. The number of anilines is 1. The minimum Gasteiger partial charge on any atom is -0.354 e. The summed E-state index contributed by atoms with van der Waals surface area (Å²) in [6.07, 6.45) is 4.47. The number of carbonyl (C=O) groups excluding carboxylic acids is 2. The number of amides is 2. The van der Waals surface area contributed by atoms with E-state index in [2.05, 4.69) is 28.1 Å². The van der Waals surface area contributed by atoms with Gasteiger partial charge in [-0.05, 0) is 68.2 Å². The fourth-order valence-electron chi connectivity index (χ4n) is 4.52. The van der Waals surface area contributed by atoms with Crippen molar-refractivity contribution >= 4 is 17.5 Å². The van der Waals surface area contributed by atoms with Crippen LogP contribution in [-0.2, 0) is 22.6 Å². The third-order valence-electron chi connectivity index (χ3n) is 6.50. The highest BCUT2D eigenvalue weighted by atomic mass is 16.2. The van der Waals surface area contributed by atoms with Gasteiger partial charge in [-0.15, -0.1) is 0 Å². The minimum atomic E-state index is -0.156. The van der Waals surface area contributed by atoms with Crippen LogP contribution in [0.4, 0.5) is 5.69 Å². The maximum Gasteiger partial charge on any atom is 0.237 e. The monoisotopic (exact) mass is 405 g/mol. The molecule has 0 bridgehead atoms. The lowest BCUT2D eigenvalue weighted by Crippen LogP contribution is -2.48. The summed E-state index contributed by atoms with van der Waals surface area (Å²) in [6, 6.07) is 16.1. The van der Waals surface area contributed by atoms with Gasteiger partial charge in [-0.2, -0.15) is 0 Å². The zero-order chi connectivity index (χ0) is 20.9. The van der Waals surface area contributed by atoms with E-state index < -0.39 is 0 Å². The number of hydrogen-bond donors (Lipinski definition) is 3. The van der Waals surface area contributed by atoms with Crippen LogP contribution in [0, 0.1) is 18.8 Å². The first kappa shape index (κ1) is 20.6. The van der Waals surface area contributed by atoms with Crippen molar-refractivity contribution in [3.63, 3.8) is 0 Å². The Labute approximate surface area is 178 Å². The first-order valence-corrected chi connectivity index (χ1v) is 11.0. The summed E-state index contributed by atoms with van der Waals surface area (Å²) in [4.78, 5) is 25.2. The van der Waals surface area contributed by atoms with Crippen molar-refractivity contribution in [2.45, 2.75) is 51.6 Å². The molecule has 0 spiro atoms. The lowest BCUT2D eigenvalue weighted by atomic mass is 9.81. The Bertz CT molecular complexity index is 886. The topological polar surface area (TPSA) is 70.2 Å². The number of benzene rings is 2. The first-order valence-electron chi connectivity index (χ1n) is 11.0. The molecule has 4 rings (SSSR count). The van der Waals surface area contributed by atoms with Crippen LogP contribution in [0.15, 0.2) is 48.5 Å². The second-order valence-electron chi connectivity index (χ2n) is 8.72. The lowest BCUT2D eigenvalue weighted by Gasteiger charge is -2.29. The molecule has 2 amide bonds. The van der Waals surface area contributed by atoms with Gasteiger partial charge in [0.25, 0.3) is 0 Å². The summed E-state index contributed by atoms with van der Waals surface area (Å²) < 4.78 is 0. The number of aryl methyl sites for hydroxylation is 1. The van der Waals surface area contributed by atoms with Crippen molar-refractivity contribution < 1.29 is 9.59 Å². The molecule has 0 radical (unpaired) electrons. The van der Waals surface area contributed by atoms with Gasteiger partial charge in [-0.1, -0.05) is 42.0 Å². The van der Waals surface area contributed by atoms with Gasteiger partial charge in [0.15, 0.2) is 0 Å². The van der Waals surface area contributed by atoms with E-state index >= 15 is 0 Å². The summed E-state index contributed by atoms with van der Waals surface area (Å²) in [5.74, 6) is 0.721. The maximum atomic E-state index is 12.6. The van der Waals surface area contributed by atoms with Crippen LogP contribution in [0.2, 0.25) is 0 Å². The lowest BCUT2D eigenvalue weighted by molar-refractivity contribution is -0.124. The minimum absolute atomic E-state index is 0.0646. The molecule has 1 unspecified atom stereocenters. The zero-order valence-corrected chi connectivity index (χ0v) is 17.6. The van der Waals surface area contributed by atoms with Gasteiger partial charge < -0.3 is 16.0 Å². The average molecular weight is 406 g/mol. The normalized spacial score (nSPS) is 23.3. The van der Waals surface area contributed by atoms with Crippen LogP contribution in [0.3, 0.4) is 0 Å². The molecular weight excluding hydrogens is 374 g/mol. The molecule has 1 fully saturated rings. The van der Waals surface area contributed by atoms with Gasteiger partial charge in [0.1, 0.15) is 0 Å². The molecule has 1 aliphatic heterocycles. The van der Waals surface area contributed by atoms with E-state index in [4.69, 9.17) is 0 Å². The number of nitrogens with one attached hydrogen (secondary N) is 3. The molecule has 1 saturated carbocycles. The summed E-state index contributed by atoms with van der Waals surface area (Å²) >= 11 is 0. The first-order chi connectivity index (χ1) is 14.6. The molecule has 0 saturated heterocycles. The molecule has 5 nitrogen and oxygen atoms in total. The predicted molar refractivity (Wildman–Crippen MR) is 119 cm³/mol. The van der Waals surface area contributed by atoms with Crippen molar-refractivity contribution in [1.82, 2.24) is 10.6 Å². The second-order valence-corrected chi connectivity index (χ2v) is 8.72. The molecule has 158 valence electrons. The Hall–Kier alpha value is -2.66. The average Bonchev–Trinajstić information content (AvgIpc) is 2.79. The molecule has 1 atom stereocenters. The number of rotatable bonds is 5. The van der Waals surface area contributed by atoms with Crippen LogP contribution >= 0.6 is 0 Å². The highest BCUT2D eigenvalue weighted by Crippen LogP contribution is 2.29. The third kappa shape index (κ3) is 5.08. The molecule has 5 heteroatoms. The highest BCUT2D eigenvalue weighted by molar-refractivity contribution is 5.92. The zero-order valence-electron chi connectivity index (χ0n) is 17.6. The van der Waals surface area contributed by atoms with E-state index in [0.717, 1.165) is 44.3 Å². The number of hydrogen-bond acceptors (Lipinski definition) is 3. The van der Waals surface area contributed by atoms with Crippen LogP contribution in [-0.4, -0.2) is 24.4 Å². The van der Waals surface area contributed by atoms with E-state index in [9.17, 15) is 9.59 Å². The van der Waals surface area contributed by atoms with Gasteiger partial charge in [0.2, 0.25) is 11.8 Å². The summed E-state index contributed by atoms with van der Waals surface area (Å²) in [7, 11) is 0. The van der Waals surface area contributed by atoms with Gasteiger partial charge >= 0.3 is 0 Å². The molecule has 2 aliphatic rings. The summed E-state index contributed by atoms with van der Waals surface area (Å²) in [5, 5.41) is 9.52. The quantitative estimate of drug-likeness (QED) is 0.712. The Morgan fingerprint density at radius 1 is 0.933 bits per heavy atom. The molecule has 0 aromatic heterocycles. The predicted octanol–water partition coefficient (Wildman–Crippen LogP) is 3.57. The smallest absolute Gasteiger partial charge is 0.237 e. The van der Waals surface area contributed by atoms with Crippen LogP contribution in [0.1, 0.15) is 42.4 Å². The van der Waals surface area contributed by atoms with Gasteiger partial charge in [-0.3, -0.25) is 9.59 Å². The van der Waals surface area contributed by atoms with Crippen LogP contribution in [0.5, 0.6) is 0 Å². The van der Waals surface area contributed by atoms with E-state index in [1.165, 1.54) is 16.7 Å².